The van der Waals surface area contributed by atoms with Crippen molar-refractivity contribution in [1.29, 1.82) is 0 Å². The first kappa shape index (κ1) is 17.5. The zero-order valence-corrected chi connectivity index (χ0v) is 14.1. The largest absolute Gasteiger partial charge is 0.494 e. The Morgan fingerprint density at radius 1 is 1.35 bits per heavy atom. The quantitative estimate of drug-likeness (QED) is 0.537. The van der Waals surface area contributed by atoms with Crippen molar-refractivity contribution in [2.45, 2.75) is 32.3 Å². The van der Waals surface area contributed by atoms with E-state index in [1.807, 2.05) is 31.2 Å². The van der Waals surface area contributed by atoms with Crippen LogP contribution in [0.4, 0.5) is 0 Å². The van der Waals surface area contributed by atoms with Crippen LogP contribution in [0.2, 0.25) is 0 Å². The van der Waals surface area contributed by atoms with Crippen LogP contribution in [0.15, 0.2) is 24.3 Å². The van der Waals surface area contributed by atoms with Gasteiger partial charge in [-0.2, -0.15) is 0 Å². The molecule has 1 aromatic carbocycles. The molecule has 6 nitrogen and oxygen atoms in total. The molecule has 1 saturated heterocycles. The fraction of sp³-hybridized carbons (Fsp3) is 0.500. The van der Waals surface area contributed by atoms with E-state index in [0.717, 1.165) is 30.8 Å². The molecule has 23 heavy (non-hydrogen) atoms. The van der Waals surface area contributed by atoms with Crippen molar-refractivity contribution in [1.82, 2.24) is 16.2 Å². The normalized spacial score (nSPS) is 16.7. The smallest absolute Gasteiger partial charge is 0.242 e. The van der Waals surface area contributed by atoms with Gasteiger partial charge in [-0.1, -0.05) is 12.1 Å². The van der Waals surface area contributed by atoms with Crippen molar-refractivity contribution in [3.63, 3.8) is 0 Å². The number of hydrazine groups is 1. The molecule has 0 aromatic heterocycles. The van der Waals surface area contributed by atoms with Crippen LogP contribution in [0.1, 0.15) is 25.3 Å². The summed E-state index contributed by atoms with van der Waals surface area (Å²) in [4.78, 5) is 11.9. The van der Waals surface area contributed by atoms with Gasteiger partial charge in [0.25, 0.3) is 0 Å². The Morgan fingerprint density at radius 2 is 2.13 bits per heavy atom. The molecule has 0 aliphatic carbocycles. The maximum atomic E-state index is 11.9. The Kier molecular flexibility index (Phi) is 7.09. The lowest BCUT2D eigenvalue weighted by Crippen LogP contribution is -2.48. The van der Waals surface area contributed by atoms with Crippen LogP contribution in [-0.4, -0.2) is 36.9 Å². The van der Waals surface area contributed by atoms with Crippen LogP contribution in [-0.2, 0) is 16.0 Å². The van der Waals surface area contributed by atoms with Gasteiger partial charge in [0.1, 0.15) is 5.75 Å². The summed E-state index contributed by atoms with van der Waals surface area (Å²) in [6, 6.07) is 7.46. The highest BCUT2D eigenvalue weighted by molar-refractivity contribution is 7.80. The highest BCUT2D eigenvalue weighted by Gasteiger charge is 2.15. The lowest BCUT2D eigenvalue weighted by atomic mass is 10.1. The SMILES string of the molecule is CCOc1ccc(CC(=O)NNC(=S)NC[C@H]2CCCO2)cc1. The topological polar surface area (TPSA) is 71.6 Å². The lowest BCUT2D eigenvalue weighted by molar-refractivity contribution is -0.121. The fourth-order valence-corrected chi connectivity index (χ4v) is 2.42. The number of hydrogen-bond donors (Lipinski definition) is 3. The third-order valence-corrected chi connectivity index (χ3v) is 3.68. The second-order valence-electron chi connectivity index (χ2n) is 5.27. The predicted molar refractivity (Wildman–Crippen MR) is 92.2 cm³/mol. The van der Waals surface area contributed by atoms with Gasteiger partial charge in [0.15, 0.2) is 5.11 Å². The van der Waals surface area contributed by atoms with E-state index in [2.05, 4.69) is 16.2 Å². The molecule has 0 unspecified atom stereocenters. The zero-order valence-electron chi connectivity index (χ0n) is 13.3. The van der Waals surface area contributed by atoms with Gasteiger partial charge < -0.3 is 14.8 Å². The Hall–Kier alpha value is -1.86. The number of benzene rings is 1. The number of thiocarbonyl (C=S) groups is 1. The highest BCUT2D eigenvalue weighted by Crippen LogP contribution is 2.12. The summed E-state index contributed by atoms with van der Waals surface area (Å²) in [5.74, 6) is 0.643. The Bertz CT molecular complexity index is 516. The Labute approximate surface area is 141 Å². The van der Waals surface area contributed by atoms with Crippen LogP contribution < -0.4 is 20.9 Å². The van der Waals surface area contributed by atoms with Gasteiger partial charge in [-0.15, -0.1) is 0 Å². The van der Waals surface area contributed by atoms with E-state index in [4.69, 9.17) is 21.7 Å². The molecule has 0 saturated carbocycles. The summed E-state index contributed by atoms with van der Waals surface area (Å²) in [7, 11) is 0. The number of rotatable bonds is 6. The second kappa shape index (κ2) is 9.32. The van der Waals surface area contributed by atoms with Gasteiger partial charge in [-0.25, -0.2) is 0 Å². The van der Waals surface area contributed by atoms with Crippen molar-refractivity contribution < 1.29 is 14.3 Å². The summed E-state index contributed by atoms with van der Waals surface area (Å²) in [5, 5.41) is 3.42. The number of hydrogen-bond acceptors (Lipinski definition) is 4. The second-order valence-corrected chi connectivity index (χ2v) is 5.68. The van der Waals surface area contributed by atoms with Gasteiger partial charge in [0.2, 0.25) is 5.91 Å². The summed E-state index contributed by atoms with van der Waals surface area (Å²) in [6.07, 6.45) is 2.60. The van der Waals surface area contributed by atoms with Crippen LogP contribution in [0.5, 0.6) is 5.75 Å². The highest BCUT2D eigenvalue weighted by atomic mass is 32.1. The molecule has 1 heterocycles. The van der Waals surface area contributed by atoms with Crippen molar-refractivity contribution >= 4 is 23.2 Å². The summed E-state index contributed by atoms with van der Waals surface area (Å²) in [6.45, 7) is 4.02. The van der Waals surface area contributed by atoms with E-state index in [1.165, 1.54) is 0 Å². The standard InChI is InChI=1S/C16H23N3O3S/c1-2-21-13-7-5-12(6-8-13)10-15(20)18-19-16(23)17-11-14-4-3-9-22-14/h5-8,14H,2-4,9-11H2,1H3,(H,18,20)(H2,17,19,23)/t14-/m1/s1. The molecule has 1 aliphatic rings. The molecule has 0 bridgehead atoms. The molecule has 0 spiro atoms. The van der Waals surface area contributed by atoms with Crippen LogP contribution in [0.3, 0.4) is 0 Å². The van der Waals surface area contributed by atoms with Gasteiger partial charge in [-0.05, 0) is 49.7 Å². The molecule has 2 rings (SSSR count). The van der Waals surface area contributed by atoms with Crippen LogP contribution >= 0.6 is 12.2 Å². The Morgan fingerprint density at radius 3 is 2.78 bits per heavy atom. The molecule has 1 fully saturated rings. The van der Waals surface area contributed by atoms with E-state index in [0.29, 0.717) is 18.3 Å². The van der Waals surface area contributed by atoms with Crippen LogP contribution in [0, 0.1) is 0 Å². The maximum Gasteiger partial charge on any atom is 0.242 e. The Balaban J connectivity index is 1.64. The predicted octanol–water partition coefficient (Wildman–Crippen LogP) is 1.30. The van der Waals surface area contributed by atoms with Crippen LogP contribution in [0.25, 0.3) is 0 Å². The number of carbonyl (C=O) groups excluding carboxylic acids is 1. The first-order chi connectivity index (χ1) is 11.2. The fourth-order valence-electron chi connectivity index (χ4n) is 2.28. The lowest BCUT2D eigenvalue weighted by Gasteiger charge is -2.14. The van der Waals surface area contributed by atoms with E-state index in [1.54, 1.807) is 0 Å². The van der Waals surface area contributed by atoms with Crippen molar-refractivity contribution in [2.75, 3.05) is 19.8 Å². The number of ether oxygens (including phenoxy) is 2. The van der Waals surface area contributed by atoms with Gasteiger partial charge in [-0.3, -0.25) is 15.6 Å². The van der Waals surface area contributed by atoms with E-state index >= 15 is 0 Å². The van der Waals surface area contributed by atoms with Crippen molar-refractivity contribution in [3.05, 3.63) is 29.8 Å². The van der Waals surface area contributed by atoms with Crippen molar-refractivity contribution in [3.8, 4) is 5.75 Å². The summed E-state index contributed by atoms with van der Waals surface area (Å²) in [5.41, 5.74) is 6.19. The molecule has 1 aromatic rings. The van der Waals surface area contributed by atoms with Crippen molar-refractivity contribution in [2.24, 2.45) is 0 Å². The minimum absolute atomic E-state index is 0.157. The molecular formula is C16H23N3O3S. The third kappa shape index (κ3) is 6.42. The van der Waals surface area contributed by atoms with Gasteiger partial charge >= 0.3 is 0 Å². The number of amides is 1. The number of carbonyl (C=O) groups is 1. The molecule has 7 heteroatoms. The molecule has 1 aliphatic heterocycles. The number of nitrogens with one attached hydrogen (secondary N) is 3. The van der Waals surface area contributed by atoms with Gasteiger partial charge in [0, 0.05) is 13.2 Å². The minimum Gasteiger partial charge on any atom is -0.494 e. The summed E-state index contributed by atoms with van der Waals surface area (Å²) < 4.78 is 10.9. The molecular weight excluding hydrogens is 314 g/mol. The molecule has 1 atom stereocenters. The first-order valence-electron chi connectivity index (χ1n) is 7.83. The molecule has 126 valence electrons. The van der Waals surface area contributed by atoms with E-state index < -0.39 is 0 Å². The monoisotopic (exact) mass is 337 g/mol. The van der Waals surface area contributed by atoms with E-state index in [-0.39, 0.29) is 18.4 Å². The molecule has 3 N–H and O–H groups in total. The minimum atomic E-state index is -0.157. The molecule has 0 radical (unpaired) electrons. The van der Waals surface area contributed by atoms with E-state index in [9.17, 15) is 4.79 Å². The first-order valence-corrected chi connectivity index (χ1v) is 8.24. The third-order valence-electron chi connectivity index (χ3n) is 3.43. The van der Waals surface area contributed by atoms with Gasteiger partial charge in [0.05, 0.1) is 19.1 Å². The zero-order chi connectivity index (χ0) is 16.5. The average molecular weight is 337 g/mol. The maximum absolute atomic E-state index is 11.9. The summed E-state index contributed by atoms with van der Waals surface area (Å²) >= 11 is 5.11. The molecule has 1 amide bonds. The average Bonchev–Trinajstić information content (AvgIpc) is 3.06.